The van der Waals surface area contributed by atoms with Gasteiger partial charge in [0.25, 0.3) is 0 Å². The number of aromatic nitrogens is 2. The number of nitrogens with zero attached hydrogens (tertiary/aromatic N) is 2. The van der Waals surface area contributed by atoms with Gasteiger partial charge in [0.15, 0.2) is 4.96 Å². The lowest BCUT2D eigenvalue weighted by Gasteiger charge is -2.09. The highest BCUT2D eigenvalue weighted by atomic mass is 32.2. The normalized spacial score (nSPS) is 16.7. The molecule has 0 amide bonds. The van der Waals surface area contributed by atoms with Gasteiger partial charge in [-0.05, 0) is 25.8 Å². The van der Waals surface area contributed by atoms with E-state index in [9.17, 15) is 0 Å². The first-order valence-electron chi connectivity index (χ1n) is 7.20. The summed E-state index contributed by atoms with van der Waals surface area (Å²) in [5.41, 5.74) is 1.35. The molecule has 2 heterocycles. The maximum atomic E-state index is 4.82. The predicted octanol–water partition coefficient (Wildman–Crippen LogP) is 3.93. The van der Waals surface area contributed by atoms with E-state index in [1.165, 1.54) is 42.8 Å². The van der Waals surface area contributed by atoms with Crippen LogP contribution in [0.3, 0.4) is 0 Å². The van der Waals surface area contributed by atoms with Crippen molar-refractivity contribution in [1.82, 2.24) is 14.7 Å². The van der Waals surface area contributed by atoms with Crippen molar-refractivity contribution in [2.24, 2.45) is 0 Å². The molecule has 0 saturated heterocycles. The van der Waals surface area contributed by atoms with Crippen molar-refractivity contribution in [3.05, 3.63) is 17.3 Å². The minimum absolute atomic E-state index is 0.787. The predicted molar refractivity (Wildman–Crippen MR) is 83.2 cm³/mol. The summed E-state index contributed by atoms with van der Waals surface area (Å²) in [6.07, 6.45) is 8.83. The smallest absolute Gasteiger partial charge is 0.194 e. The Kier molecular flexibility index (Phi) is 4.45. The van der Waals surface area contributed by atoms with Crippen LogP contribution in [0.5, 0.6) is 0 Å². The monoisotopic (exact) mass is 295 g/mol. The van der Waals surface area contributed by atoms with Gasteiger partial charge in [-0.2, -0.15) is 0 Å². The lowest BCUT2D eigenvalue weighted by molar-refractivity contribution is 0.653. The Morgan fingerprint density at radius 1 is 1.47 bits per heavy atom. The van der Waals surface area contributed by atoms with Crippen molar-refractivity contribution >= 4 is 28.1 Å². The molecule has 0 atom stereocenters. The van der Waals surface area contributed by atoms with Crippen LogP contribution in [0, 0.1) is 0 Å². The molecular weight excluding hydrogens is 274 g/mol. The highest BCUT2D eigenvalue weighted by Gasteiger charge is 2.21. The summed E-state index contributed by atoms with van der Waals surface area (Å²) in [7, 11) is 0. The molecule has 5 heteroatoms. The quantitative estimate of drug-likeness (QED) is 0.819. The van der Waals surface area contributed by atoms with E-state index in [1.54, 1.807) is 11.3 Å². The molecule has 1 aliphatic rings. The Balaban J connectivity index is 1.79. The molecule has 0 bridgehead atoms. The van der Waals surface area contributed by atoms with E-state index < -0.39 is 0 Å². The summed E-state index contributed by atoms with van der Waals surface area (Å²) in [5, 5.41) is 7.67. The molecule has 0 radical (unpaired) electrons. The van der Waals surface area contributed by atoms with Gasteiger partial charge in [0.1, 0.15) is 5.03 Å². The summed E-state index contributed by atoms with van der Waals surface area (Å²) >= 11 is 3.73. The van der Waals surface area contributed by atoms with E-state index in [0.717, 1.165) is 23.3 Å². The third kappa shape index (κ3) is 2.98. The van der Waals surface area contributed by atoms with E-state index >= 15 is 0 Å². The SMILES string of the molecule is CCCNCc1c(SC2CCCC2)nc2sccn12. The molecule has 1 saturated carbocycles. The molecule has 0 aromatic carbocycles. The van der Waals surface area contributed by atoms with Crippen LogP contribution in [0.2, 0.25) is 0 Å². The standard InChI is InChI=1S/C14H21N3S2/c1-2-7-15-10-12-13(19-11-5-3-4-6-11)16-14-17(12)8-9-18-14/h8-9,11,15H,2-7,10H2,1H3. The number of nitrogens with one attached hydrogen (secondary N) is 1. The molecule has 0 spiro atoms. The molecule has 0 unspecified atom stereocenters. The van der Waals surface area contributed by atoms with E-state index in [-0.39, 0.29) is 0 Å². The van der Waals surface area contributed by atoms with Crippen molar-refractivity contribution in [1.29, 1.82) is 0 Å². The lowest BCUT2D eigenvalue weighted by Crippen LogP contribution is -2.15. The van der Waals surface area contributed by atoms with Gasteiger partial charge in [-0.25, -0.2) is 4.98 Å². The Morgan fingerprint density at radius 3 is 3.11 bits per heavy atom. The maximum absolute atomic E-state index is 4.82. The van der Waals surface area contributed by atoms with E-state index in [4.69, 9.17) is 4.98 Å². The molecule has 19 heavy (non-hydrogen) atoms. The zero-order chi connectivity index (χ0) is 13.1. The van der Waals surface area contributed by atoms with Gasteiger partial charge in [-0.3, -0.25) is 4.40 Å². The van der Waals surface area contributed by atoms with Gasteiger partial charge in [0, 0.05) is 23.4 Å². The number of fused-ring (bicyclic) bond motifs is 1. The van der Waals surface area contributed by atoms with Gasteiger partial charge in [-0.1, -0.05) is 19.8 Å². The molecule has 2 aromatic rings. The zero-order valence-electron chi connectivity index (χ0n) is 11.4. The molecule has 1 fully saturated rings. The Labute approximate surface area is 122 Å². The second-order valence-electron chi connectivity index (χ2n) is 5.12. The third-order valence-corrected chi connectivity index (χ3v) is 5.74. The number of hydrogen-bond donors (Lipinski definition) is 1. The fraction of sp³-hybridized carbons (Fsp3) is 0.643. The Morgan fingerprint density at radius 2 is 2.32 bits per heavy atom. The van der Waals surface area contributed by atoms with Gasteiger partial charge in [0.2, 0.25) is 0 Å². The van der Waals surface area contributed by atoms with Crippen LogP contribution in [0.4, 0.5) is 0 Å². The highest BCUT2D eigenvalue weighted by molar-refractivity contribution is 7.99. The molecule has 3 nitrogen and oxygen atoms in total. The lowest BCUT2D eigenvalue weighted by atomic mass is 10.4. The zero-order valence-corrected chi connectivity index (χ0v) is 13.0. The van der Waals surface area contributed by atoms with E-state index in [0.29, 0.717) is 0 Å². The van der Waals surface area contributed by atoms with Crippen molar-refractivity contribution in [3.8, 4) is 0 Å². The van der Waals surface area contributed by atoms with Crippen LogP contribution in [0.1, 0.15) is 44.7 Å². The minimum atomic E-state index is 0.787. The summed E-state index contributed by atoms with van der Waals surface area (Å²) in [6, 6.07) is 0. The number of thioether (sulfide) groups is 1. The van der Waals surface area contributed by atoms with E-state index in [2.05, 4.69) is 28.2 Å². The number of thiazole rings is 1. The van der Waals surface area contributed by atoms with Crippen LogP contribution in [-0.4, -0.2) is 21.2 Å². The van der Waals surface area contributed by atoms with Crippen molar-refractivity contribution in [2.75, 3.05) is 6.54 Å². The summed E-state index contributed by atoms with van der Waals surface area (Å²) in [4.78, 5) is 5.95. The number of hydrogen-bond acceptors (Lipinski definition) is 4. The first-order chi connectivity index (χ1) is 9.38. The fourth-order valence-electron chi connectivity index (χ4n) is 2.62. The molecule has 104 valence electrons. The topological polar surface area (TPSA) is 29.3 Å². The largest absolute Gasteiger partial charge is 0.311 e. The molecule has 1 aliphatic carbocycles. The van der Waals surface area contributed by atoms with Crippen molar-refractivity contribution in [2.45, 2.75) is 55.8 Å². The second kappa shape index (κ2) is 6.29. The fourth-order valence-corrected chi connectivity index (χ4v) is 4.74. The van der Waals surface area contributed by atoms with E-state index in [1.807, 2.05) is 11.8 Å². The van der Waals surface area contributed by atoms with Crippen LogP contribution in [0.25, 0.3) is 4.96 Å². The average molecular weight is 295 g/mol. The minimum Gasteiger partial charge on any atom is -0.311 e. The first kappa shape index (κ1) is 13.5. The summed E-state index contributed by atoms with van der Waals surface area (Å²) in [6.45, 7) is 4.21. The molecule has 0 aliphatic heterocycles. The Bertz CT molecular complexity index is 526. The number of imidazole rings is 1. The van der Waals surface area contributed by atoms with Gasteiger partial charge < -0.3 is 5.32 Å². The average Bonchev–Trinajstić information content (AvgIpc) is 3.09. The van der Waals surface area contributed by atoms with Crippen molar-refractivity contribution in [3.63, 3.8) is 0 Å². The number of rotatable bonds is 6. The third-order valence-electron chi connectivity index (χ3n) is 3.62. The van der Waals surface area contributed by atoms with Gasteiger partial charge >= 0.3 is 0 Å². The highest BCUT2D eigenvalue weighted by Crippen LogP contribution is 2.36. The van der Waals surface area contributed by atoms with Crippen LogP contribution >= 0.6 is 23.1 Å². The van der Waals surface area contributed by atoms with Gasteiger partial charge in [-0.15, -0.1) is 23.1 Å². The molecule has 1 N–H and O–H groups in total. The second-order valence-corrected chi connectivity index (χ2v) is 7.28. The van der Waals surface area contributed by atoms with Gasteiger partial charge in [0.05, 0.1) is 5.69 Å². The van der Waals surface area contributed by atoms with Crippen LogP contribution in [-0.2, 0) is 6.54 Å². The summed E-state index contributed by atoms with van der Waals surface area (Å²) in [5.74, 6) is 0. The Hall–Kier alpha value is -0.520. The molecular formula is C14H21N3S2. The first-order valence-corrected chi connectivity index (χ1v) is 8.96. The van der Waals surface area contributed by atoms with Crippen molar-refractivity contribution < 1.29 is 0 Å². The maximum Gasteiger partial charge on any atom is 0.194 e. The molecule has 2 aromatic heterocycles. The van der Waals surface area contributed by atoms with Crippen LogP contribution < -0.4 is 5.32 Å². The van der Waals surface area contributed by atoms with Crippen LogP contribution in [0.15, 0.2) is 16.6 Å². The molecule has 3 rings (SSSR count). The summed E-state index contributed by atoms with van der Waals surface area (Å²) < 4.78 is 2.25.